The van der Waals surface area contributed by atoms with Gasteiger partial charge in [-0.3, -0.25) is 4.79 Å². The van der Waals surface area contributed by atoms with Gasteiger partial charge in [0.05, 0.1) is 17.0 Å². The van der Waals surface area contributed by atoms with Crippen LogP contribution in [0.3, 0.4) is 0 Å². The molecule has 3 aromatic rings. The zero-order valence-corrected chi connectivity index (χ0v) is 16.0. The third-order valence-electron chi connectivity index (χ3n) is 4.50. The van der Waals surface area contributed by atoms with Gasteiger partial charge in [0.25, 0.3) is 5.91 Å². The highest BCUT2D eigenvalue weighted by atomic mass is 35.5. The first-order valence-corrected chi connectivity index (χ1v) is 8.92. The molecule has 0 bridgehead atoms. The minimum absolute atomic E-state index is 0. The molecular weight excluding hydrogens is 385 g/mol. The summed E-state index contributed by atoms with van der Waals surface area (Å²) in [6, 6.07) is 14.6. The summed E-state index contributed by atoms with van der Waals surface area (Å²) < 4.78 is 5.88. The van der Waals surface area contributed by atoms with Crippen molar-refractivity contribution in [3.63, 3.8) is 0 Å². The lowest BCUT2D eigenvalue weighted by molar-refractivity contribution is 0.0931. The average molecular weight is 404 g/mol. The second kappa shape index (κ2) is 8.46. The van der Waals surface area contributed by atoms with Gasteiger partial charge in [-0.05, 0) is 37.1 Å². The molecule has 1 aliphatic carbocycles. The second-order valence-electron chi connectivity index (χ2n) is 6.27. The van der Waals surface area contributed by atoms with Crippen molar-refractivity contribution in [2.75, 3.05) is 0 Å². The van der Waals surface area contributed by atoms with E-state index in [2.05, 4.69) is 15.3 Å². The van der Waals surface area contributed by atoms with Crippen molar-refractivity contribution in [3.05, 3.63) is 76.8 Å². The maximum atomic E-state index is 12.9. The van der Waals surface area contributed by atoms with E-state index in [4.69, 9.17) is 16.3 Å². The number of aromatic nitrogens is 2. The van der Waals surface area contributed by atoms with Crippen LogP contribution in [0.25, 0.3) is 0 Å². The monoisotopic (exact) mass is 403 g/mol. The van der Waals surface area contributed by atoms with E-state index in [1.54, 1.807) is 24.5 Å². The number of H-pyrrole nitrogens is 1. The predicted molar refractivity (Wildman–Crippen MR) is 107 cm³/mol. The van der Waals surface area contributed by atoms with E-state index in [0.717, 1.165) is 24.2 Å². The molecule has 7 heteroatoms. The second-order valence-corrected chi connectivity index (χ2v) is 6.68. The molecule has 0 radical (unpaired) electrons. The van der Waals surface area contributed by atoms with Crippen LogP contribution in [0.1, 0.15) is 28.2 Å². The number of hydrogen-bond donors (Lipinski definition) is 2. The number of imidazole rings is 1. The van der Waals surface area contributed by atoms with Crippen molar-refractivity contribution in [3.8, 4) is 11.5 Å². The number of hydrogen-bond acceptors (Lipinski definition) is 3. The number of halogens is 2. The molecule has 27 heavy (non-hydrogen) atoms. The first-order valence-electron chi connectivity index (χ1n) is 8.54. The average Bonchev–Trinajstić information content (AvgIpc) is 3.10. The van der Waals surface area contributed by atoms with Crippen LogP contribution in [-0.2, 0) is 12.8 Å². The summed E-state index contributed by atoms with van der Waals surface area (Å²) in [6.07, 6.45) is 4.15. The number of carbonyl (C=O) groups is 1. The Bertz CT molecular complexity index is 928. The molecular formula is C20H19Cl2N3O2. The van der Waals surface area contributed by atoms with E-state index in [0.29, 0.717) is 28.5 Å². The molecule has 0 spiro atoms. The Balaban J connectivity index is 0.00000210. The zero-order chi connectivity index (χ0) is 17.9. The van der Waals surface area contributed by atoms with E-state index < -0.39 is 0 Å². The van der Waals surface area contributed by atoms with Gasteiger partial charge in [0.1, 0.15) is 17.1 Å². The van der Waals surface area contributed by atoms with Gasteiger partial charge in [0.2, 0.25) is 0 Å². The third kappa shape index (κ3) is 4.26. The van der Waals surface area contributed by atoms with E-state index >= 15 is 0 Å². The third-order valence-corrected chi connectivity index (χ3v) is 4.81. The predicted octanol–water partition coefficient (Wildman–Crippen LogP) is 4.56. The molecule has 4 rings (SSSR count). The van der Waals surface area contributed by atoms with Gasteiger partial charge < -0.3 is 15.0 Å². The molecule has 1 heterocycles. The van der Waals surface area contributed by atoms with Crippen LogP contribution in [0, 0.1) is 0 Å². The normalized spacial score (nSPS) is 15.4. The molecule has 2 aromatic carbocycles. The lowest BCUT2D eigenvalue weighted by atomic mass is 9.96. The summed E-state index contributed by atoms with van der Waals surface area (Å²) in [5, 5.41) is 3.44. The van der Waals surface area contributed by atoms with Gasteiger partial charge in [0.15, 0.2) is 0 Å². The highest BCUT2D eigenvalue weighted by molar-refractivity contribution is 6.34. The standard InChI is InChI=1S/C20H18ClN3O2.ClH/c21-15-7-4-8-18(26-14-5-2-1-3-6-14)19(15)20(25)24-13-9-10-16-17(11-13)23-12-22-16;/h1-8,12-13H,9-11H2,(H,22,23)(H,24,25);1H. The van der Waals surface area contributed by atoms with Crippen LogP contribution in [0.2, 0.25) is 5.02 Å². The molecule has 1 unspecified atom stereocenters. The first-order chi connectivity index (χ1) is 12.7. The molecule has 0 saturated carbocycles. The number of ether oxygens (including phenoxy) is 1. The minimum atomic E-state index is -0.231. The molecule has 2 N–H and O–H groups in total. The van der Waals surface area contributed by atoms with Crippen LogP contribution in [0.4, 0.5) is 0 Å². The smallest absolute Gasteiger partial charge is 0.256 e. The van der Waals surface area contributed by atoms with Gasteiger partial charge >= 0.3 is 0 Å². The Morgan fingerprint density at radius 2 is 2.00 bits per heavy atom. The Morgan fingerprint density at radius 3 is 2.81 bits per heavy atom. The lowest BCUT2D eigenvalue weighted by Crippen LogP contribution is -2.39. The zero-order valence-electron chi connectivity index (χ0n) is 14.4. The maximum Gasteiger partial charge on any atom is 0.256 e. The van der Waals surface area contributed by atoms with Crippen molar-refractivity contribution >= 4 is 29.9 Å². The number of fused-ring (bicyclic) bond motifs is 1. The first kappa shape index (κ1) is 19.3. The Labute approximate surface area is 168 Å². The van der Waals surface area contributed by atoms with Crippen LogP contribution in [0.5, 0.6) is 11.5 Å². The SMILES string of the molecule is Cl.O=C(NC1CCc2[nH]cnc2C1)c1c(Cl)cccc1Oc1ccccc1. The molecule has 1 amide bonds. The van der Waals surface area contributed by atoms with Gasteiger partial charge in [0, 0.05) is 18.2 Å². The fourth-order valence-corrected chi connectivity index (χ4v) is 3.45. The molecule has 5 nitrogen and oxygen atoms in total. The number of nitrogens with zero attached hydrogens (tertiary/aromatic N) is 1. The van der Waals surface area contributed by atoms with Crippen LogP contribution >= 0.6 is 24.0 Å². The summed E-state index contributed by atoms with van der Waals surface area (Å²) in [7, 11) is 0. The topological polar surface area (TPSA) is 67.0 Å². The highest BCUT2D eigenvalue weighted by Crippen LogP contribution is 2.31. The summed E-state index contributed by atoms with van der Waals surface area (Å²) in [4.78, 5) is 20.4. The van der Waals surface area contributed by atoms with Crippen LogP contribution in [0.15, 0.2) is 54.9 Å². The fourth-order valence-electron chi connectivity index (χ4n) is 3.20. The summed E-state index contributed by atoms with van der Waals surface area (Å²) in [5.74, 6) is 0.866. The van der Waals surface area contributed by atoms with Crippen molar-refractivity contribution in [2.24, 2.45) is 0 Å². The number of rotatable bonds is 4. The summed E-state index contributed by atoms with van der Waals surface area (Å²) >= 11 is 6.31. The minimum Gasteiger partial charge on any atom is -0.456 e. The molecule has 140 valence electrons. The van der Waals surface area contributed by atoms with E-state index in [1.807, 2.05) is 30.3 Å². The Morgan fingerprint density at radius 1 is 1.19 bits per heavy atom. The van der Waals surface area contributed by atoms with Gasteiger partial charge in [-0.15, -0.1) is 12.4 Å². The number of aryl methyl sites for hydroxylation is 1. The highest BCUT2D eigenvalue weighted by Gasteiger charge is 2.25. The Kier molecular flexibility index (Phi) is 6.04. The molecule has 1 atom stereocenters. The lowest BCUT2D eigenvalue weighted by Gasteiger charge is -2.23. The number of aromatic amines is 1. The molecule has 0 fully saturated rings. The quantitative estimate of drug-likeness (QED) is 0.670. The Hall–Kier alpha value is -2.50. The summed E-state index contributed by atoms with van der Waals surface area (Å²) in [6.45, 7) is 0. The van der Waals surface area contributed by atoms with Crippen molar-refractivity contribution in [1.82, 2.24) is 15.3 Å². The molecule has 1 aromatic heterocycles. The summed E-state index contributed by atoms with van der Waals surface area (Å²) in [5.41, 5.74) is 2.52. The maximum absolute atomic E-state index is 12.9. The largest absolute Gasteiger partial charge is 0.456 e. The van der Waals surface area contributed by atoms with Gasteiger partial charge in [-0.1, -0.05) is 35.9 Å². The number of benzene rings is 2. The van der Waals surface area contributed by atoms with Gasteiger partial charge in [-0.25, -0.2) is 4.98 Å². The van der Waals surface area contributed by atoms with E-state index in [-0.39, 0.29) is 24.4 Å². The molecule has 0 saturated heterocycles. The van der Waals surface area contributed by atoms with E-state index in [9.17, 15) is 4.79 Å². The fraction of sp³-hybridized carbons (Fsp3) is 0.200. The number of amides is 1. The molecule has 1 aliphatic rings. The van der Waals surface area contributed by atoms with Crippen molar-refractivity contribution in [1.29, 1.82) is 0 Å². The number of carbonyl (C=O) groups excluding carboxylic acids is 1. The van der Waals surface area contributed by atoms with Crippen molar-refractivity contribution in [2.45, 2.75) is 25.3 Å². The number of nitrogens with one attached hydrogen (secondary N) is 2. The van der Waals surface area contributed by atoms with Crippen LogP contribution in [-0.4, -0.2) is 21.9 Å². The van der Waals surface area contributed by atoms with Gasteiger partial charge in [-0.2, -0.15) is 0 Å². The van der Waals surface area contributed by atoms with Crippen LogP contribution < -0.4 is 10.1 Å². The van der Waals surface area contributed by atoms with E-state index in [1.165, 1.54) is 0 Å². The number of para-hydroxylation sites is 1. The molecule has 0 aliphatic heterocycles. The van der Waals surface area contributed by atoms with Crippen molar-refractivity contribution < 1.29 is 9.53 Å².